The molecule has 1 saturated carbocycles. The van der Waals surface area contributed by atoms with Gasteiger partial charge in [0.05, 0.1) is 0 Å². The van der Waals surface area contributed by atoms with Crippen LogP contribution in [0.2, 0.25) is 0 Å². The van der Waals surface area contributed by atoms with Crippen molar-refractivity contribution in [3.05, 3.63) is 75.5 Å². The van der Waals surface area contributed by atoms with Gasteiger partial charge in [0.1, 0.15) is 0 Å². The summed E-state index contributed by atoms with van der Waals surface area (Å²) in [5, 5.41) is 2.88. The van der Waals surface area contributed by atoms with Gasteiger partial charge in [0.25, 0.3) is 0 Å². The summed E-state index contributed by atoms with van der Waals surface area (Å²) in [6.07, 6.45) is 0. The molecule has 0 N–H and O–H groups in total. The molecule has 0 heterocycles. The van der Waals surface area contributed by atoms with E-state index in [-0.39, 0.29) is 42.9 Å². The predicted octanol–water partition coefficient (Wildman–Crippen LogP) is 6.83. The Bertz CT molecular complexity index is 514. The molecule has 2 aromatic rings. The minimum atomic E-state index is -0.171. The average Bonchev–Trinajstić information content (AvgIpc) is 2.81. The maximum absolute atomic E-state index is 2.40. The Morgan fingerprint density at radius 3 is 0.963 bits per heavy atom. The quantitative estimate of drug-likeness (QED) is 0.278. The fourth-order valence-electron chi connectivity index (χ4n) is 3.85. The molecular weight excluding hydrogens is 523 g/mol. The van der Waals surface area contributed by atoms with E-state index >= 15 is 0 Å². The Kier molecular flexibility index (Phi) is 14.5. The maximum Gasteiger partial charge on any atom is 3.00 e. The molecule has 0 bridgehead atoms. The molecule has 0 nitrogen and oxygen atoms in total. The van der Waals surface area contributed by atoms with E-state index in [9.17, 15) is 0 Å². The van der Waals surface area contributed by atoms with Gasteiger partial charge in [-0.25, -0.2) is 0 Å². The van der Waals surface area contributed by atoms with Gasteiger partial charge in [0.15, 0.2) is 0 Å². The molecule has 27 heavy (non-hydrogen) atoms. The van der Waals surface area contributed by atoms with Gasteiger partial charge < -0.3 is 14.9 Å². The van der Waals surface area contributed by atoms with Gasteiger partial charge in [-0.15, -0.1) is 0 Å². The van der Waals surface area contributed by atoms with Crippen LogP contribution >= 0.6 is 7.92 Å². The summed E-state index contributed by atoms with van der Waals surface area (Å²) in [6.45, 7) is 14.3. The van der Waals surface area contributed by atoms with Gasteiger partial charge in [-0.3, -0.25) is 0 Å². The van der Waals surface area contributed by atoms with Crippen LogP contribution < -0.4 is 10.6 Å². The van der Waals surface area contributed by atoms with Crippen LogP contribution in [0.3, 0.4) is 0 Å². The molecule has 1 aliphatic rings. The number of benzene rings is 2. The number of rotatable bonds is 2. The zero-order valence-corrected chi connectivity index (χ0v) is 21.7. The third kappa shape index (κ3) is 7.45. The van der Waals surface area contributed by atoms with Crippen molar-refractivity contribution in [1.29, 1.82) is 0 Å². The third-order valence-electron chi connectivity index (χ3n) is 6.43. The Hall–Kier alpha value is -0.481. The van der Waals surface area contributed by atoms with Crippen LogP contribution in [0, 0.1) is 44.4 Å². The molecule has 0 unspecified atom stereocenters. The Balaban J connectivity index is 0. The van der Waals surface area contributed by atoms with Crippen molar-refractivity contribution in [3.63, 3.8) is 0 Å². The minimum absolute atomic E-state index is 0. The first-order valence-corrected chi connectivity index (χ1v) is 11.1. The largest absolute Gasteiger partial charge is 3.00 e. The van der Waals surface area contributed by atoms with E-state index < -0.39 is 0 Å². The third-order valence-corrected chi connectivity index (χ3v) is 8.58. The zero-order valence-electron chi connectivity index (χ0n) is 18.4. The summed E-state index contributed by atoms with van der Waals surface area (Å²) in [4.78, 5) is 0. The fraction of sp³-hybridized carbons (Fsp3) is 0.440. The SMILES string of the molecule is CC1C(C)C(C)C(C)C1C.CP(c1ccccc1)c1ccccc1.[CH3-].[CH3-].[Ir+3]. The average molecular weight is 563 g/mol. The molecule has 0 amide bonds. The van der Waals surface area contributed by atoms with Gasteiger partial charge in [-0.1, -0.05) is 95.3 Å². The molecule has 2 heteroatoms. The van der Waals surface area contributed by atoms with Crippen molar-refractivity contribution in [3.8, 4) is 0 Å². The van der Waals surface area contributed by atoms with Gasteiger partial charge in [0, 0.05) is 0 Å². The second kappa shape index (κ2) is 13.7. The van der Waals surface area contributed by atoms with Crippen LogP contribution in [-0.4, -0.2) is 6.66 Å². The first-order valence-electron chi connectivity index (χ1n) is 9.27. The molecule has 2 aromatic carbocycles. The summed E-state index contributed by atoms with van der Waals surface area (Å²) < 4.78 is 0. The summed E-state index contributed by atoms with van der Waals surface area (Å²) in [6, 6.07) is 21.4. The van der Waals surface area contributed by atoms with E-state index in [1.54, 1.807) is 0 Å². The smallest absolute Gasteiger partial charge is 0.358 e. The van der Waals surface area contributed by atoms with Crippen molar-refractivity contribution in [2.75, 3.05) is 6.66 Å². The van der Waals surface area contributed by atoms with E-state index in [2.05, 4.69) is 102 Å². The predicted molar refractivity (Wildman–Crippen MR) is 124 cm³/mol. The number of hydrogen-bond donors (Lipinski definition) is 0. The topological polar surface area (TPSA) is 0 Å². The zero-order chi connectivity index (χ0) is 17.7. The Morgan fingerprint density at radius 2 is 0.741 bits per heavy atom. The van der Waals surface area contributed by atoms with Crippen LogP contribution in [0.15, 0.2) is 60.7 Å². The minimum Gasteiger partial charge on any atom is -0.358 e. The van der Waals surface area contributed by atoms with E-state index in [1.165, 1.54) is 10.6 Å². The second-order valence-corrected chi connectivity index (χ2v) is 9.68. The van der Waals surface area contributed by atoms with Crippen LogP contribution in [0.5, 0.6) is 0 Å². The monoisotopic (exact) mass is 563 g/mol. The molecule has 152 valence electrons. The molecule has 0 atom stereocenters. The van der Waals surface area contributed by atoms with Gasteiger partial charge in [-0.05, 0) is 54.8 Å². The molecular formula is C25H39IrP+. The van der Waals surface area contributed by atoms with E-state index in [4.69, 9.17) is 0 Å². The van der Waals surface area contributed by atoms with Crippen LogP contribution in [0.25, 0.3) is 0 Å². The molecule has 0 radical (unpaired) electrons. The molecule has 1 fully saturated rings. The summed E-state index contributed by atoms with van der Waals surface area (Å²) in [7, 11) is -0.171. The van der Waals surface area contributed by atoms with Crippen LogP contribution in [0.4, 0.5) is 0 Å². The van der Waals surface area contributed by atoms with Gasteiger partial charge >= 0.3 is 20.1 Å². The van der Waals surface area contributed by atoms with Crippen LogP contribution in [-0.2, 0) is 20.1 Å². The molecule has 3 rings (SSSR count). The Morgan fingerprint density at radius 1 is 0.519 bits per heavy atom. The van der Waals surface area contributed by atoms with Crippen molar-refractivity contribution in [2.45, 2.75) is 34.6 Å². The maximum atomic E-state index is 2.40. The standard InChI is InChI=1S/C13H13P.C10H20.2CH3.Ir/c1-14(12-8-4-2-5-9-12)13-10-6-3-7-11-13;1-6-7(2)9(4)10(5)8(6)3;;;/h2-11H,1H3;6-10H,1-5H3;2*1H3;/q;;2*-1;+3. The second-order valence-electron chi connectivity index (χ2n) is 7.53. The van der Waals surface area contributed by atoms with E-state index in [0.29, 0.717) is 0 Å². The van der Waals surface area contributed by atoms with Crippen molar-refractivity contribution in [2.24, 2.45) is 29.6 Å². The molecule has 0 aromatic heterocycles. The number of hydrogen-bond acceptors (Lipinski definition) is 0. The molecule has 1 aliphatic carbocycles. The fourth-order valence-corrected chi connectivity index (χ4v) is 5.38. The van der Waals surface area contributed by atoms with Crippen molar-refractivity contribution >= 4 is 18.5 Å². The van der Waals surface area contributed by atoms with Gasteiger partial charge in [-0.2, -0.15) is 0 Å². The van der Waals surface area contributed by atoms with Gasteiger partial charge in [0.2, 0.25) is 0 Å². The summed E-state index contributed by atoms with van der Waals surface area (Å²) >= 11 is 0. The molecule has 0 spiro atoms. The normalized spacial score (nSPS) is 26.0. The summed E-state index contributed by atoms with van der Waals surface area (Å²) in [5.41, 5.74) is 0. The summed E-state index contributed by atoms with van der Waals surface area (Å²) in [5.74, 6) is 4.68. The molecule has 0 saturated heterocycles. The van der Waals surface area contributed by atoms with Crippen molar-refractivity contribution < 1.29 is 20.1 Å². The first kappa shape index (κ1) is 28.7. The van der Waals surface area contributed by atoms with Crippen LogP contribution in [0.1, 0.15) is 34.6 Å². The molecule has 0 aliphatic heterocycles. The Labute approximate surface area is 184 Å². The van der Waals surface area contributed by atoms with Crippen molar-refractivity contribution in [1.82, 2.24) is 0 Å². The van der Waals surface area contributed by atoms with E-state index in [1.807, 2.05) is 0 Å². The first-order chi connectivity index (χ1) is 11.4. The van der Waals surface area contributed by atoms with E-state index in [0.717, 1.165) is 29.6 Å².